The van der Waals surface area contributed by atoms with Gasteiger partial charge in [-0.1, -0.05) is 0 Å². The number of hydrogen-bond donors (Lipinski definition) is 2. The summed E-state index contributed by atoms with van der Waals surface area (Å²) in [5.74, 6) is -0.288. The van der Waals surface area contributed by atoms with E-state index in [1.165, 1.54) is 9.80 Å². The van der Waals surface area contributed by atoms with Gasteiger partial charge in [0.25, 0.3) is 0 Å². The molecule has 2 rings (SSSR count). The highest BCUT2D eigenvalue weighted by atomic mass is 16.2. The Balaban J connectivity index is 1.61. The van der Waals surface area contributed by atoms with Crippen LogP contribution < -0.4 is 5.32 Å². The quantitative estimate of drug-likeness (QED) is 0.677. The van der Waals surface area contributed by atoms with Gasteiger partial charge in [0.15, 0.2) is 0 Å². The van der Waals surface area contributed by atoms with Crippen LogP contribution in [0.25, 0.3) is 0 Å². The lowest BCUT2D eigenvalue weighted by Crippen LogP contribution is -2.33. The number of aromatic amines is 1. The van der Waals surface area contributed by atoms with E-state index in [1.807, 2.05) is 0 Å². The number of nitrogens with one attached hydrogen (secondary N) is 2. The van der Waals surface area contributed by atoms with Gasteiger partial charge in [0, 0.05) is 44.9 Å². The number of H-pyrrole nitrogens is 1. The zero-order chi connectivity index (χ0) is 15.2. The van der Waals surface area contributed by atoms with E-state index in [0.717, 1.165) is 5.69 Å². The number of urea groups is 1. The van der Waals surface area contributed by atoms with Gasteiger partial charge in [0.05, 0.1) is 6.33 Å². The molecule has 1 fully saturated rings. The van der Waals surface area contributed by atoms with Crippen molar-refractivity contribution < 1.29 is 14.4 Å². The molecule has 21 heavy (non-hydrogen) atoms. The highest BCUT2D eigenvalue weighted by Gasteiger charge is 2.32. The summed E-state index contributed by atoms with van der Waals surface area (Å²) >= 11 is 0. The van der Waals surface area contributed by atoms with Crippen molar-refractivity contribution in [3.8, 4) is 0 Å². The summed E-state index contributed by atoms with van der Waals surface area (Å²) in [7, 11) is 1.59. The largest absolute Gasteiger partial charge is 0.356 e. The highest BCUT2D eigenvalue weighted by molar-refractivity contribution is 6.01. The summed E-state index contributed by atoms with van der Waals surface area (Å²) in [6, 6.07) is -0.292. The van der Waals surface area contributed by atoms with Crippen LogP contribution in [0, 0.1) is 0 Å². The first-order valence-electron chi connectivity index (χ1n) is 6.87. The lowest BCUT2D eigenvalue weighted by molar-refractivity contribution is -0.126. The Hall–Kier alpha value is -2.38. The number of imide groups is 1. The van der Waals surface area contributed by atoms with E-state index in [4.69, 9.17) is 0 Å². The monoisotopic (exact) mass is 293 g/mol. The van der Waals surface area contributed by atoms with E-state index in [-0.39, 0.29) is 30.9 Å². The lowest BCUT2D eigenvalue weighted by atomic mass is 10.2. The number of aromatic nitrogens is 2. The van der Waals surface area contributed by atoms with Crippen LogP contribution in [0.1, 0.15) is 18.5 Å². The Kier molecular flexibility index (Phi) is 4.91. The van der Waals surface area contributed by atoms with Gasteiger partial charge < -0.3 is 15.2 Å². The van der Waals surface area contributed by atoms with Crippen LogP contribution >= 0.6 is 0 Å². The standard InChI is InChI=1S/C13H19N5O3/c1-17-8-12(20)18(13(17)21)6-2-3-11(19)15-5-4-10-7-14-9-16-10/h7,9H,2-6,8H2,1H3,(H,14,16)(H,15,19). The molecule has 8 nitrogen and oxygen atoms in total. The zero-order valence-electron chi connectivity index (χ0n) is 12.0. The molecule has 0 unspecified atom stereocenters. The lowest BCUT2D eigenvalue weighted by Gasteiger charge is -2.13. The molecule has 0 spiro atoms. The molecule has 1 saturated heterocycles. The van der Waals surface area contributed by atoms with Crippen molar-refractivity contribution in [1.82, 2.24) is 25.1 Å². The Morgan fingerprint density at radius 3 is 2.90 bits per heavy atom. The Labute approximate surface area is 122 Å². The van der Waals surface area contributed by atoms with Crippen LogP contribution in [0.4, 0.5) is 4.79 Å². The summed E-state index contributed by atoms with van der Waals surface area (Å²) in [5.41, 5.74) is 0.964. The molecule has 2 heterocycles. The normalized spacial score (nSPS) is 14.9. The van der Waals surface area contributed by atoms with Gasteiger partial charge >= 0.3 is 6.03 Å². The van der Waals surface area contributed by atoms with Crippen LogP contribution in [0.2, 0.25) is 0 Å². The fraction of sp³-hybridized carbons (Fsp3) is 0.538. The minimum atomic E-state index is -0.292. The molecule has 0 saturated carbocycles. The third kappa shape index (κ3) is 4.04. The highest BCUT2D eigenvalue weighted by Crippen LogP contribution is 2.08. The number of carbonyl (C=O) groups is 3. The molecule has 0 bridgehead atoms. The predicted molar refractivity (Wildman–Crippen MR) is 74.3 cm³/mol. The number of imidazole rings is 1. The second kappa shape index (κ2) is 6.87. The number of likely N-dealkylation sites (N-methyl/N-ethyl adjacent to an activating group) is 1. The average molecular weight is 293 g/mol. The van der Waals surface area contributed by atoms with Crippen LogP contribution in [-0.4, -0.2) is 64.3 Å². The first kappa shape index (κ1) is 15.0. The maximum absolute atomic E-state index is 11.6. The predicted octanol–water partition coefficient (Wildman–Crippen LogP) is -0.257. The molecule has 1 aromatic heterocycles. The first-order chi connectivity index (χ1) is 10.1. The maximum Gasteiger partial charge on any atom is 0.326 e. The average Bonchev–Trinajstić information content (AvgIpc) is 3.03. The van der Waals surface area contributed by atoms with Crippen LogP contribution in [-0.2, 0) is 16.0 Å². The third-order valence-electron chi connectivity index (χ3n) is 3.29. The summed E-state index contributed by atoms with van der Waals surface area (Å²) in [5, 5.41) is 2.79. The molecule has 4 amide bonds. The number of amides is 4. The van der Waals surface area contributed by atoms with Crippen molar-refractivity contribution in [1.29, 1.82) is 0 Å². The number of nitrogens with zero attached hydrogens (tertiary/aromatic N) is 3. The Bertz CT molecular complexity index is 514. The van der Waals surface area contributed by atoms with E-state index >= 15 is 0 Å². The minimum absolute atomic E-state index is 0.0815. The molecule has 0 aliphatic carbocycles. The second-order valence-electron chi connectivity index (χ2n) is 4.96. The molecule has 2 N–H and O–H groups in total. The second-order valence-corrected chi connectivity index (χ2v) is 4.96. The van der Waals surface area contributed by atoms with Gasteiger partial charge in [0.2, 0.25) is 11.8 Å². The van der Waals surface area contributed by atoms with Crippen molar-refractivity contribution >= 4 is 17.8 Å². The Morgan fingerprint density at radius 1 is 1.48 bits per heavy atom. The van der Waals surface area contributed by atoms with Crippen molar-refractivity contribution in [2.75, 3.05) is 26.7 Å². The molecule has 114 valence electrons. The third-order valence-corrected chi connectivity index (χ3v) is 3.29. The molecule has 0 radical (unpaired) electrons. The smallest absolute Gasteiger partial charge is 0.326 e. The molecule has 0 aromatic carbocycles. The number of hydrogen-bond acceptors (Lipinski definition) is 4. The van der Waals surface area contributed by atoms with Crippen molar-refractivity contribution in [3.05, 3.63) is 18.2 Å². The van der Waals surface area contributed by atoms with Crippen LogP contribution in [0.15, 0.2) is 12.5 Å². The van der Waals surface area contributed by atoms with Crippen LogP contribution in [0.3, 0.4) is 0 Å². The summed E-state index contributed by atoms with van der Waals surface area (Å²) in [6.45, 7) is 0.941. The van der Waals surface area contributed by atoms with Gasteiger partial charge in [-0.2, -0.15) is 0 Å². The number of rotatable bonds is 7. The maximum atomic E-state index is 11.6. The summed E-state index contributed by atoms with van der Waals surface area (Å²) in [4.78, 5) is 44.2. The molecule has 0 atom stereocenters. The molecular weight excluding hydrogens is 274 g/mol. The molecule has 1 aliphatic heterocycles. The van der Waals surface area contributed by atoms with E-state index in [9.17, 15) is 14.4 Å². The molecular formula is C13H19N5O3. The molecule has 1 aliphatic rings. The first-order valence-corrected chi connectivity index (χ1v) is 6.87. The van der Waals surface area contributed by atoms with Crippen molar-refractivity contribution in [2.45, 2.75) is 19.3 Å². The molecule has 8 heteroatoms. The van der Waals surface area contributed by atoms with E-state index in [1.54, 1.807) is 19.6 Å². The topological polar surface area (TPSA) is 98.4 Å². The summed E-state index contributed by atoms with van der Waals surface area (Å²) < 4.78 is 0. The summed E-state index contributed by atoms with van der Waals surface area (Å²) in [6.07, 6.45) is 4.77. The minimum Gasteiger partial charge on any atom is -0.356 e. The van der Waals surface area contributed by atoms with E-state index < -0.39 is 0 Å². The SMILES string of the molecule is CN1CC(=O)N(CCCC(=O)NCCc2cnc[nH]2)C1=O. The zero-order valence-corrected chi connectivity index (χ0v) is 12.0. The van der Waals surface area contributed by atoms with Gasteiger partial charge in [-0.15, -0.1) is 0 Å². The van der Waals surface area contributed by atoms with Gasteiger partial charge in [0.1, 0.15) is 6.54 Å². The molecule has 1 aromatic rings. The van der Waals surface area contributed by atoms with Crippen molar-refractivity contribution in [3.63, 3.8) is 0 Å². The fourth-order valence-corrected chi connectivity index (χ4v) is 2.13. The number of carbonyl (C=O) groups excluding carboxylic acids is 3. The van der Waals surface area contributed by atoms with Gasteiger partial charge in [-0.3, -0.25) is 14.5 Å². The van der Waals surface area contributed by atoms with Gasteiger partial charge in [-0.05, 0) is 6.42 Å². The van der Waals surface area contributed by atoms with E-state index in [2.05, 4.69) is 15.3 Å². The van der Waals surface area contributed by atoms with Gasteiger partial charge in [-0.25, -0.2) is 9.78 Å². The van der Waals surface area contributed by atoms with Crippen LogP contribution in [0.5, 0.6) is 0 Å². The van der Waals surface area contributed by atoms with Crippen molar-refractivity contribution in [2.24, 2.45) is 0 Å². The Morgan fingerprint density at radius 2 is 2.29 bits per heavy atom. The van der Waals surface area contributed by atoms with E-state index in [0.29, 0.717) is 25.8 Å². The fourth-order valence-electron chi connectivity index (χ4n) is 2.13.